The van der Waals surface area contributed by atoms with Gasteiger partial charge in [0.2, 0.25) is 0 Å². The van der Waals surface area contributed by atoms with Crippen molar-refractivity contribution in [2.75, 3.05) is 0 Å². The van der Waals surface area contributed by atoms with Gasteiger partial charge in [0.1, 0.15) is 5.75 Å². The number of thiocarbonyl (C=S) groups is 1. The van der Waals surface area contributed by atoms with Crippen molar-refractivity contribution >= 4 is 69.4 Å². The minimum absolute atomic E-state index is 0.0340. The zero-order valence-electron chi connectivity index (χ0n) is 12.9. The van der Waals surface area contributed by atoms with Crippen LogP contribution in [-0.2, 0) is 4.79 Å². The van der Waals surface area contributed by atoms with Crippen molar-refractivity contribution in [2.24, 2.45) is 0 Å². The van der Waals surface area contributed by atoms with Crippen molar-refractivity contribution in [3.05, 3.63) is 68.5 Å². The number of carbonyl (C=O) groups excluding carboxylic acids is 2. The number of phenolic OH excluding ortho intramolecular Hbond substituents is 1. The third kappa shape index (κ3) is 3.86. The van der Waals surface area contributed by atoms with E-state index in [1.165, 1.54) is 30.3 Å². The number of nitrogens with one attached hydrogen (secondary N) is 1. The summed E-state index contributed by atoms with van der Waals surface area (Å²) in [6.07, 6.45) is 1.54. The molecule has 26 heavy (non-hydrogen) atoms. The van der Waals surface area contributed by atoms with Crippen LogP contribution < -0.4 is 5.43 Å². The summed E-state index contributed by atoms with van der Waals surface area (Å²) in [4.78, 5) is 25.1. The second kappa shape index (κ2) is 7.67. The maximum absolute atomic E-state index is 12.6. The molecule has 1 fully saturated rings. The first kappa shape index (κ1) is 18.7. The molecule has 2 N–H and O–H groups in total. The Morgan fingerprint density at radius 1 is 1.15 bits per heavy atom. The second-order valence-electron chi connectivity index (χ2n) is 5.14. The van der Waals surface area contributed by atoms with Gasteiger partial charge in [-0.15, -0.1) is 0 Å². The fourth-order valence-electron chi connectivity index (χ4n) is 2.12. The molecule has 2 aromatic rings. The number of benzene rings is 2. The monoisotopic (exact) mass is 424 g/mol. The number of hydrogen-bond acceptors (Lipinski definition) is 5. The molecule has 132 valence electrons. The van der Waals surface area contributed by atoms with Crippen LogP contribution in [0.2, 0.25) is 10.0 Å². The van der Waals surface area contributed by atoms with Crippen LogP contribution in [0.4, 0.5) is 0 Å². The Bertz CT molecular complexity index is 925. The Hall–Kier alpha value is -2.06. The Balaban J connectivity index is 1.82. The molecule has 1 heterocycles. The highest BCUT2D eigenvalue weighted by Crippen LogP contribution is 2.35. The van der Waals surface area contributed by atoms with Crippen LogP contribution in [0.25, 0.3) is 6.08 Å². The normalized spacial score (nSPS) is 15.6. The fourth-order valence-corrected chi connectivity index (χ4v) is 3.79. The maximum atomic E-state index is 12.6. The molecule has 2 aromatic carbocycles. The zero-order chi connectivity index (χ0) is 18.8. The summed E-state index contributed by atoms with van der Waals surface area (Å²) in [5.74, 6) is -0.979. The number of aromatic hydroxyl groups is 1. The fraction of sp³-hybridized carbons (Fsp3) is 0. The summed E-state index contributed by atoms with van der Waals surface area (Å²) in [5, 5.41) is 11.1. The lowest BCUT2D eigenvalue weighted by Gasteiger charge is -2.15. The van der Waals surface area contributed by atoms with E-state index in [4.69, 9.17) is 35.4 Å². The van der Waals surface area contributed by atoms with Gasteiger partial charge in [0.25, 0.3) is 11.8 Å². The summed E-state index contributed by atoms with van der Waals surface area (Å²) in [6, 6.07) is 10.6. The lowest BCUT2D eigenvalue weighted by molar-refractivity contribution is -0.123. The first-order chi connectivity index (χ1) is 12.4. The first-order valence-electron chi connectivity index (χ1n) is 7.19. The Morgan fingerprint density at radius 3 is 2.38 bits per heavy atom. The molecule has 0 aliphatic carbocycles. The largest absolute Gasteiger partial charge is 0.508 e. The standard InChI is InChI=1S/C17H10Cl2N2O3S2/c18-12-2-1-3-13(19)11(12)8-14-16(24)21(17(25)26-14)20-15(23)9-4-6-10(22)7-5-9/h1-8,22H,(H,20,23)/b14-8-. The third-order valence-electron chi connectivity index (χ3n) is 3.41. The summed E-state index contributed by atoms with van der Waals surface area (Å²) < 4.78 is 0.177. The quantitative estimate of drug-likeness (QED) is 0.569. The number of amides is 2. The first-order valence-corrected chi connectivity index (χ1v) is 9.17. The predicted octanol–water partition coefficient (Wildman–Crippen LogP) is 4.25. The van der Waals surface area contributed by atoms with Gasteiger partial charge in [-0.05, 0) is 54.7 Å². The highest BCUT2D eigenvalue weighted by molar-refractivity contribution is 8.26. The number of hydrogen-bond donors (Lipinski definition) is 2. The van der Waals surface area contributed by atoms with Crippen molar-refractivity contribution in [1.29, 1.82) is 0 Å². The van der Waals surface area contributed by atoms with Crippen molar-refractivity contribution in [2.45, 2.75) is 0 Å². The van der Waals surface area contributed by atoms with Gasteiger partial charge in [-0.2, -0.15) is 5.01 Å². The number of hydrazine groups is 1. The minimum atomic E-state index is -0.529. The number of thioether (sulfide) groups is 1. The van der Waals surface area contributed by atoms with E-state index < -0.39 is 11.8 Å². The van der Waals surface area contributed by atoms with Gasteiger partial charge in [-0.1, -0.05) is 41.0 Å². The van der Waals surface area contributed by atoms with Crippen molar-refractivity contribution in [3.8, 4) is 5.75 Å². The van der Waals surface area contributed by atoms with E-state index in [2.05, 4.69) is 5.43 Å². The molecule has 0 spiro atoms. The van der Waals surface area contributed by atoms with E-state index in [9.17, 15) is 14.7 Å². The molecule has 1 aliphatic heterocycles. The number of phenols is 1. The summed E-state index contributed by atoms with van der Waals surface area (Å²) in [5.41, 5.74) is 3.23. The summed E-state index contributed by atoms with van der Waals surface area (Å²) in [6.45, 7) is 0. The molecule has 9 heteroatoms. The highest BCUT2D eigenvalue weighted by Gasteiger charge is 2.34. The van der Waals surface area contributed by atoms with Crippen LogP contribution in [0.1, 0.15) is 15.9 Å². The van der Waals surface area contributed by atoms with Crippen LogP contribution in [-0.4, -0.2) is 26.3 Å². The molecule has 0 radical (unpaired) electrons. The average Bonchev–Trinajstić information content (AvgIpc) is 2.86. The molecule has 1 saturated heterocycles. The van der Waals surface area contributed by atoms with Crippen molar-refractivity contribution < 1.29 is 14.7 Å². The van der Waals surface area contributed by atoms with Gasteiger partial charge in [-0.3, -0.25) is 15.0 Å². The summed E-state index contributed by atoms with van der Waals surface area (Å²) >= 11 is 18.4. The molecular weight excluding hydrogens is 415 g/mol. The minimum Gasteiger partial charge on any atom is -0.508 e. The number of carbonyl (C=O) groups is 2. The molecule has 1 aliphatic rings. The molecule has 0 atom stereocenters. The molecule has 0 saturated carbocycles. The Labute approximate surface area is 168 Å². The third-order valence-corrected chi connectivity index (χ3v) is 5.37. The van der Waals surface area contributed by atoms with Gasteiger partial charge in [0.15, 0.2) is 4.32 Å². The molecule has 0 aromatic heterocycles. The lowest BCUT2D eigenvalue weighted by Crippen LogP contribution is -2.44. The van der Waals surface area contributed by atoms with E-state index in [-0.39, 0.29) is 20.5 Å². The smallest absolute Gasteiger partial charge is 0.285 e. The van der Waals surface area contributed by atoms with Crippen LogP contribution in [0, 0.1) is 0 Å². The predicted molar refractivity (Wildman–Crippen MR) is 107 cm³/mol. The van der Waals surface area contributed by atoms with E-state index in [1.54, 1.807) is 18.2 Å². The molecule has 3 rings (SSSR count). The molecule has 5 nitrogen and oxygen atoms in total. The number of rotatable bonds is 3. The highest BCUT2D eigenvalue weighted by atomic mass is 35.5. The summed E-state index contributed by atoms with van der Waals surface area (Å²) in [7, 11) is 0. The van der Waals surface area contributed by atoms with E-state index >= 15 is 0 Å². The van der Waals surface area contributed by atoms with Crippen molar-refractivity contribution in [3.63, 3.8) is 0 Å². The molecule has 2 amide bonds. The Kier molecular flexibility index (Phi) is 5.52. The molecule has 0 bridgehead atoms. The molecule has 0 unspecified atom stereocenters. The van der Waals surface area contributed by atoms with Crippen LogP contribution >= 0.6 is 47.2 Å². The number of halogens is 2. The van der Waals surface area contributed by atoms with Crippen molar-refractivity contribution in [1.82, 2.24) is 10.4 Å². The van der Waals surface area contributed by atoms with Crippen LogP contribution in [0.15, 0.2) is 47.4 Å². The van der Waals surface area contributed by atoms with Gasteiger partial charge in [0.05, 0.1) is 4.91 Å². The zero-order valence-corrected chi connectivity index (χ0v) is 16.0. The van der Waals surface area contributed by atoms with E-state index in [1.807, 2.05) is 0 Å². The number of nitrogens with zero attached hydrogens (tertiary/aromatic N) is 1. The molecular formula is C17H10Cl2N2O3S2. The maximum Gasteiger partial charge on any atom is 0.285 e. The second-order valence-corrected chi connectivity index (χ2v) is 7.63. The van der Waals surface area contributed by atoms with Gasteiger partial charge in [0, 0.05) is 21.2 Å². The van der Waals surface area contributed by atoms with Crippen LogP contribution in [0.3, 0.4) is 0 Å². The average molecular weight is 425 g/mol. The van der Waals surface area contributed by atoms with Crippen LogP contribution in [0.5, 0.6) is 5.75 Å². The van der Waals surface area contributed by atoms with Gasteiger partial charge < -0.3 is 5.11 Å². The van der Waals surface area contributed by atoms with E-state index in [0.29, 0.717) is 15.6 Å². The van der Waals surface area contributed by atoms with Gasteiger partial charge in [-0.25, -0.2) is 0 Å². The van der Waals surface area contributed by atoms with Gasteiger partial charge >= 0.3 is 0 Å². The topological polar surface area (TPSA) is 69.6 Å². The lowest BCUT2D eigenvalue weighted by atomic mass is 10.2. The van der Waals surface area contributed by atoms with E-state index in [0.717, 1.165) is 16.8 Å². The SMILES string of the molecule is O=C(NN1C(=O)/C(=C/c2c(Cl)cccc2Cl)SC1=S)c1ccc(O)cc1. The Morgan fingerprint density at radius 2 is 1.77 bits per heavy atom.